The van der Waals surface area contributed by atoms with E-state index in [1.165, 1.54) is 18.2 Å². The number of hydrogen-bond acceptors (Lipinski definition) is 5. The second kappa shape index (κ2) is 9.15. The highest BCUT2D eigenvalue weighted by Crippen LogP contribution is 2.26. The van der Waals surface area contributed by atoms with E-state index < -0.39 is 5.82 Å². The van der Waals surface area contributed by atoms with Gasteiger partial charge in [0.15, 0.2) is 0 Å². The molecule has 0 aliphatic heterocycles. The molecule has 1 N–H and O–H groups in total. The number of aromatic nitrogens is 5. The third kappa shape index (κ3) is 4.52. The molecule has 0 bridgehead atoms. The van der Waals surface area contributed by atoms with Crippen LogP contribution in [-0.4, -0.2) is 24.3 Å². The van der Waals surface area contributed by atoms with Crippen molar-refractivity contribution >= 4 is 23.2 Å². The van der Waals surface area contributed by atoms with Crippen LogP contribution in [0, 0.1) is 19.7 Å². The number of aryl methyl sites for hydroxylation is 2. The Kier molecular flexibility index (Phi) is 6.29. The summed E-state index contributed by atoms with van der Waals surface area (Å²) in [6, 6.07) is 9.42. The van der Waals surface area contributed by atoms with Crippen LogP contribution in [-0.2, 0) is 7.05 Å². The maximum absolute atomic E-state index is 14.0. The minimum atomic E-state index is -0.502. The summed E-state index contributed by atoms with van der Waals surface area (Å²) in [6.07, 6.45) is 3.97. The van der Waals surface area contributed by atoms with Crippen LogP contribution < -0.4 is 10.9 Å². The third-order valence-electron chi connectivity index (χ3n) is 5.70. The summed E-state index contributed by atoms with van der Waals surface area (Å²) in [5.74, 6) is -0.0867. The normalized spacial score (nSPS) is 12.1. The van der Waals surface area contributed by atoms with E-state index in [1.807, 2.05) is 33.9 Å². The van der Waals surface area contributed by atoms with E-state index in [9.17, 15) is 9.18 Å². The fourth-order valence-corrected chi connectivity index (χ4v) is 3.98. The minimum absolute atomic E-state index is 0.0566. The predicted octanol–water partition coefficient (Wildman–Crippen LogP) is 5.19. The van der Waals surface area contributed by atoms with Gasteiger partial charge in [-0.05, 0) is 50.1 Å². The molecule has 33 heavy (non-hydrogen) atoms. The van der Waals surface area contributed by atoms with Gasteiger partial charge in [0.05, 0.1) is 33.8 Å². The Morgan fingerprint density at radius 1 is 1.18 bits per heavy atom. The summed E-state index contributed by atoms with van der Waals surface area (Å²) < 4.78 is 17.4. The van der Waals surface area contributed by atoms with Crippen LogP contribution in [0.4, 0.5) is 16.0 Å². The monoisotopic (exact) mass is 466 g/mol. The summed E-state index contributed by atoms with van der Waals surface area (Å²) in [7, 11) is 1.88. The molecular weight excluding hydrogens is 443 g/mol. The predicted molar refractivity (Wildman–Crippen MR) is 128 cm³/mol. The fourth-order valence-electron chi connectivity index (χ4n) is 3.87. The molecule has 1 atom stereocenters. The van der Waals surface area contributed by atoms with Crippen LogP contribution in [0.15, 0.2) is 53.6 Å². The summed E-state index contributed by atoms with van der Waals surface area (Å²) in [4.78, 5) is 21.9. The van der Waals surface area contributed by atoms with E-state index >= 15 is 0 Å². The molecule has 0 saturated carbocycles. The van der Waals surface area contributed by atoms with Crippen molar-refractivity contribution in [3.8, 4) is 11.3 Å². The summed E-state index contributed by atoms with van der Waals surface area (Å²) in [6.45, 7) is 5.82. The van der Waals surface area contributed by atoms with E-state index in [4.69, 9.17) is 11.6 Å². The first-order valence-electron chi connectivity index (χ1n) is 10.6. The number of anilines is 2. The van der Waals surface area contributed by atoms with Crippen LogP contribution in [0.1, 0.15) is 36.3 Å². The first kappa shape index (κ1) is 22.7. The van der Waals surface area contributed by atoms with E-state index in [2.05, 4.69) is 20.4 Å². The molecule has 0 aliphatic carbocycles. The van der Waals surface area contributed by atoms with Gasteiger partial charge in [0, 0.05) is 31.1 Å². The summed E-state index contributed by atoms with van der Waals surface area (Å²) in [5.41, 5.74) is 4.42. The lowest BCUT2D eigenvalue weighted by Gasteiger charge is -2.19. The second-order valence-corrected chi connectivity index (χ2v) is 8.23. The van der Waals surface area contributed by atoms with Gasteiger partial charge in [-0.1, -0.05) is 24.6 Å². The highest BCUT2D eigenvalue weighted by Gasteiger charge is 2.16. The van der Waals surface area contributed by atoms with Crippen molar-refractivity contribution in [2.45, 2.75) is 33.2 Å². The molecule has 0 radical (unpaired) electrons. The van der Waals surface area contributed by atoms with Gasteiger partial charge >= 0.3 is 0 Å². The number of rotatable bonds is 6. The highest BCUT2D eigenvalue weighted by molar-refractivity contribution is 6.30. The number of halogens is 2. The number of nitrogens with zero attached hydrogens (tertiary/aromatic N) is 5. The smallest absolute Gasteiger partial charge is 0.251 e. The molecule has 4 aromatic rings. The molecule has 1 aromatic carbocycles. The van der Waals surface area contributed by atoms with Crippen LogP contribution in [0.5, 0.6) is 0 Å². The lowest BCUT2D eigenvalue weighted by atomic mass is 10.0. The van der Waals surface area contributed by atoms with E-state index in [-0.39, 0.29) is 16.6 Å². The lowest BCUT2D eigenvalue weighted by Crippen LogP contribution is -2.24. The average Bonchev–Trinajstić information content (AvgIpc) is 3.03. The minimum Gasteiger partial charge on any atom is -0.321 e. The molecule has 3 aromatic heterocycles. The van der Waals surface area contributed by atoms with Gasteiger partial charge in [-0.3, -0.25) is 9.48 Å². The van der Waals surface area contributed by atoms with Crippen molar-refractivity contribution < 1.29 is 4.39 Å². The fraction of sp³-hybridized carbons (Fsp3) is 0.250. The number of nitrogens with one attached hydrogen (secondary N) is 1. The molecule has 0 fully saturated rings. The van der Waals surface area contributed by atoms with Gasteiger partial charge in [0.2, 0.25) is 5.95 Å². The van der Waals surface area contributed by atoms with Crippen LogP contribution in [0.3, 0.4) is 0 Å². The Morgan fingerprint density at radius 3 is 2.61 bits per heavy atom. The van der Waals surface area contributed by atoms with Crippen molar-refractivity contribution in [1.82, 2.24) is 24.3 Å². The zero-order chi connectivity index (χ0) is 23.7. The molecule has 4 rings (SSSR count). The number of pyridine rings is 1. The zero-order valence-electron chi connectivity index (χ0n) is 18.8. The Hall–Kier alpha value is -3.52. The van der Waals surface area contributed by atoms with Gasteiger partial charge in [-0.25, -0.2) is 14.4 Å². The van der Waals surface area contributed by atoms with E-state index in [1.54, 1.807) is 33.8 Å². The maximum Gasteiger partial charge on any atom is 0.251 e. The lowest BCUT2D eigenvalue weighted by molar-refractivity contribution is 0.541. The Labute approximate surface area is 195 Å². The molecule has 170 valence electrons. The van der Waals surface area contributed by atoms with Gasteiger partial charge in [0.25, 0.3) is 5.56 Å². The van der Waals surface area contributed by atoms with Crippen molar-refractivity contribution in [3.05, 3.63) is 86.9 Å². The second-order valence-electron chi connectivity index (χ2n) is 7.82. The third-order valence-corrected chi connectivity index (χ3v) is 6.00. The quantitative estimate of drug-likeness (QED) is 0.423. The molecule has 0 spiro atoms. The van der Waals surface area contributed by atoms with Gasteiger partial charge < -0.3 is 9.88 Å². The molecule has 1 unspecified atom stereocenters. The number of benzene rings is 1. The maximum atomic E-state index is 14.0. The number of hydrogen-bond donors (Lipinski definition) is 1. The standard InChI is InChI=1S/C24H24ClFN6O/c1-5-21(17-6-7-18(25)19(26)12-17)32-11-9-16(13-22(32)33)20-8-10-27-24(28-20)29-23-14(2)30-31(4)15(23)3/h6-13,21H,5H2,1-4H3,(H,27,28,29). The van der Waals surface area contributed by atoms with Gasteiger partial charge in [0.1, 0.15) is 5.82 Å². The SMILES string of the molecule is CCC(c1ccc(Cl)c(F)c1)n1ccc(-c2ccnc(Nc3c(C)nn(C)c3C)n2)cc1=O. The summed E-state index contributed by atoms with van der Waals surface area (Å²) >= 11 is 5.81. The Bertz CT molecular complexity index is 1380. The Morgan fingerprint density at radius 2 is 1.97 bits per heavy atom. The van der Waals surface area contributed by atoms with Crippen molar-refractivity contribution in [1.29, 1.82) is 0 Å². The molecule has 0 amide bonds. The molecule has 0 aliphatic rings. The van der Waals surface area contributed by atoms with Crippen LogP contribution >= 0.6 is 11.6 Å². The average molecular weight is 467 g/mol. The Balaban J connectivity index is 1.64. The highest BCUT2D eigenvalue weighted by atomic mass is 35.5. The molecule has 0 saturated heterocycles. The zero-order valence-corrected chi connectivity index (χ0v) is 19.6. The van der Waals surface area contributed by atoms with E-state index in [0.29, 0.717) is 29.2 Å². The molecule has 9 heteroatoms. The molecular formula is C24H24ClFN6O. The van der Waals surface area contributed by atoms with Crippen molar-refractivity contribution in [2.75, 3.05) is 5.32 Å². The first-order chi connectivity index (χ1) is 15.8. The van der Waals surface area contributed by atoms with Gasteiger partial charge in [-0.2, -0.15) is 5.10 Å². The van der Waals surface area contributed by atoms with Gasteiger partial charge in [-0.15, -0.1) is 0 Å². The van der Waals surface area contributed by atoms with Crippen molar-refractivity contribution in [2.24, 2.45) is 7.05 Å². The molecule has 7 nitrogen and oxygen atoms in total. The topological polar surface area (TPSA) is 77.6 Å². The van der Waals surface area contributed by atoms with Crippen LogP contribution in [0.25, 0.3) is 11.3 Å². The van der Waals surface area contributed by atoms with Crippen molar-refractivity contribution in [3.63, 3.8) is 0 Å². The molecule has 3 heterocycles. The van der Waals surface area contributed by atoms with E-state index in [0.717, 1.165) is 17.1 Å². The largest absolute Gasteiger partial charge is 0.321 e. The first-order valence-corrected chi connectivity index (χ1v) is 10.9. The van der Waals surface area contributed by atoms with Crippen LogP contribution in [0.2, 0.25) is 5.02 Å². The summed E-state index contributed by atoms with van der Waals surface area (Å²) in [5, 5.41) is 7.67.